The van der Waals surface area contributed by atoms with Crippen LogP contribution in [0.5, 0.6) is 0 Å². The van der Waals surface area contributed by atoms with E-state index >= 15 is 0 Å². The van der Waals surface area contributed by atoms with Gasteiger partial charge in [-0.25, -0.2) is 0 Å². The first-order valence-corrected chi connectivity index (χ1v) is 12.4. The Hall–Kier alpha value is -3.21. The fourth-order valence-electron chi connectivity index (χ4n) is 4.38. The van der Waals surface area contributed by atoms with Crippen molar-refractivity contribution in [1.29, 1.82) is 0 Å². The van der Waals surface area contributed by atoms with Crippen LogP contribution in [0, 0.1) is 0 Å². The van der Waals surface area contributed by atoms with E-state index in [1.807, 2.05) is 0 Å². The van der Waals surface area contributed by atoms with Crippen LogP contribution < -0.4 is 15.9 Å². The van der Waals surface area contributed by atoms with Crippen LogP contribution in [0.4, 0.5) is 0 Å². The maximum atomic E-state index is 2.37. The topological polar surface area (TPSA) is 0 Å². The average Bonchev–Trinajstić information content (AvgIpc) is 2.84. The molecule has 0 spiro atoms. The Bertz CT molecular complexity index is 1150. The van der Waals surface area contributed by atoms with Gasteiger partial charge < -0.3 is 0 Å². The first-order chi connectivity index (χ1) is 14.9. The summed E-state index contributed by atoms with van der Waals surface area (Å²) in [4.78, 5) is 0. The van der Waals surface area contributed by atoms with E-state index in [4.69, 9.17) is 0 Å². The summed E-state index contributed by atoms with van der Waals surface area (Å²) in [5.74, 6) is 0. The molecule has 0 saturated heterocycles. The van der Waals surface area contributed by atoms with Crippen LogP contribution in [-0.2, 0) is 6.16 Å². The molecule has 0 aliphatic heterocycles. The standard InChI is InChI=1S/C29H24P/c1-4-14-27(15-5-1)30(28-16-6-2-7-17-28,29-18-8-3-9-19-29)23-24-20-21-25-12-10-11-13-26(25)22-24/h1-22H,23H2/q+1. The summed E-state index contributed by atoms with van der Waals surface area (Å²) in [5, 5.41) is 6.88. The lowest BCUT2D eigenvalue weighted by molar-refractivity contribution is 1.41. The number of hydrogen-bond acceptors (Lipinski definition) is 0. The van der Waals surface area contributed by atoms with Gasteiger partial charge >= 0.3 is 0 Å². The summed E-state index contributed by atoms with van der Waals surface area (Å²) in [6.45, 7) is 0. The molecule has 0 unspecified atom stereocenters. The molecule has 0 heterocycles. The van der Waals surface area contributed by atoms with E-state index in [0.29, 0.717) is 0 Å². The minimum absolute atomic E-state index is 1.01. The molecule has 5 aromatic carbocycles. The van der Waals surface area contributed by atoms with Gasteiger partial charge in [0.1, 0.15) is 23.2 Å². The molecule has 30 heavy (non-hydrogen) atoms. The van der Waals surface area contributed by atoms with Crippen LogP contribution in [0.1, 0.15) is 5.56 Å². The van der Waals surface area contributed by atoms with Crippen molar-refractivity contribution in [3.63, 3.8) is 0 Å². The van der Waals surface area contributed by atoms with Crippen molar-refractivity contribution < 1.29 is 0 Å². The van der Waals surface area contributed by atoms with E-state index in [0.717, 1.165) is 6.16 Å². The molecule has 0 saturated carbocycles. The van der Waals surface area contributed by atoms with Gasteiger partial charge in [-0.1, -0.05) is 91.0 Å². The van der Waals surface area contributed by atoms with Crippen LogP contribution in [0.3, 0.4) is 0 Å². The normalized spacial score (nSPS) is 11.5. The molecule has 144 valence electrons. The second-order valence-electron chi connectivity index (χ2n) is 7.66. The molecule has 0 fully saturated rings. The van der Waals surface area contributed by atoms with Crippen molar-refractivity contribution in [2.75, 3.05) is 0 Å². The lowest BCUT2D eigenvalue weighted by Gasteiger charge is -2.28. The molecule has 0 atom stereocenters. The first-order valence-electron chi connectivity index (χ1n) is 10.4. The van der Waals surface area contributed by atoms with Crippen LogP contribution in [0.2, 0.25) is 0 Å². The Morgan fingerprint density at radius 3 is 1.33 bits per heavy atom. The zero-order chi connectivity index (χ0) is 20.2. The van der Waals surface area contributed by atoms with Gasteiger partial charge in [-0.3, -0.25) is 0 Å². The Morgan fingerprint density at radius 2 is 0.833 bits per heavy atom. The summed E-state index contributed by atoms with van der Waals surface area (Å²) < 4.78 is 0. The molecule has 0 bridgehead atoms. The molecule has 0 N–H and O–H groups in total. The van der Waals surface area contributed by atoms with Crippen LogP contribution >= 0.6 is 7.26 Å². The molecule has 0 aliphatic carbocycles. The summed E-state index contributed by atoms with van der Waals surface area (Å²) in [6.07, 6.45) is 1.01. The van der Waals surface area contributed by atoms with E-state index in [-0.39, 0.29) is 0 Å². The molecular formula is C29H24P+. The van der Waals surface area contributed by atoms with Crippen molar-refractivity contribution in [1.82, 2.24) is 0 Å². The lowest BCUT2D eigenvalue weighted by Crippen LogP contribution is -2.32. The smallest absolute Gasteiger partial charge is 0.0620 e. The predicted molar refractivity (Wildman–Crippen MR) is 133 cm³/mol. The predicted octanol–water partition coefficient (Wildman–Crippen LogP) is 6.33. The summed E-state index contributed by atoms with van der Waals surface area (Å²) in [7, 11) is -1.85. The van der Waals surface area contributed by atoms with Gasteiger partial charge in [0, 0.05) is 0 Å². The van der Waals surface area contributed by atoms with Crippen molar-refractivity contribution in [3.8, 4) is 0 Å². The van der Waals surface area contributed by atoms with E-state index in [1.54, 1.807) is 0 Å². The Labute approximate surface area is 179 Å². The molecule has 1 heteroatoms. The molecule has 5 rings (SSSR count). The average molecular weight is 403 g/mol. The molecule has 0 aromatic heterocycles. The van der Waals surface area contributed by atoms with Crippen molar-refractivity contribution in [3.05, 3.63) is 139 Å². The molecule has 0 amide bonds. The maximum Gasteiger partial charge on any atom is 0.116 e. The Morgan fingerprint density at radius 1 is 0.400 bits per heavy atom. The van der Waals surface area contributed by atoms with E-state index < -0.39 is 7.26 Å². The van der Waals surface area contributed by atoms with Gasteiger partial charge in [-0.2, -0.15) is 0 Å². The minimum atomic E-state index is -1.85. The fraction of sp³-hybridized carbons (Fsp3) is 0.0345. The SMILES string of the molecule is c1ccc([P+](Cc2ccc3ccccc3c2)(c2ccccc2)c2ccccc2)cc1. The zero-order valence-electron chi connectivity index (χ0n) is 16.9. The van der Waals surface area contributed by atoms with Crippen molar-refractivity contribution in [2.24, 2.45) is 0 Å². The third kappa shape index (κ3) is 3.45. The van der Waals surface area contributed by atoms with Gasteiger partial charge in [0.25, 0.3) is 0 Å². The van der Waals surface area contributed by atoms with Gasteiger partial charge in [0.2, 0.25) is 0 Å². The highest BCUT2D eigenvalue weighted by molar-refractivity contribution is 7.95. The molecule has 0 radical (unpaired) electrons. The summed E-state index contributed by atoms with van der Waals surface area (Å²) in [5.41, 5.74) is 1.39. The van der Waals surface area contributed by atoms with Gasteiger partial charge in [0.05, 0.1) is 6.16 Å². The highest BCUT2D eigenvalue weighted by atomic mass is 31.2. The highest BCUT2D eigenvalue weighted by Gasteiger charge is 2.45. The highest BCUT2D eigenvalue weighted by Crippen LogP contribution is 2.58. The zero-order valence-corrected chi connectivity index (χ0v) is 17.8. The fourth-order valence-corrected chi connectivity index (χ4v) is 8.61. The maximum absolute atomic E-state index is 2.37. The second-order valence-corrected chi connectivity index (χ2v) is 11.1. The van der Waals surface area contributed by atoms with E-state index in [2.05, 4.69) is 133 Å². The number of fused-ring (bicyclic) bond motifs is 1. The number of benzene rings is 5. The monoisotopic (exact) mass is 403 g/mol. The Kier molecular flexibility index (Phi) is 5.18. The largest absolute Gasteiger partial charge is 0.116 e. The quantitative estimate of drug-likeness (QED) is 0.301. The van der Waals surface area contributed by atoms with Crippen LogP contribution in [0.25, 0.3) is 10.8 Å². The third-order valence-electron chi connectivity index (χ3n) is 5.82. The molecular weight excluding hydrogens is 379 g/mol. The second kappa shape index (κ2) is 8.27. The number of hydrogen-bond donors (Lipinski definition) is 0. The van der Waals surface area contributed by atoms with Gasteiger partial charge in [-0.15, -0.1) is 0 Å². The van der Waals surface area contributed by atoms with Crippen LogP contribution in [0.15, 0.2) is 133 Å². The Balaban J connectivity index is 1.76. The number of rotatable bonds is 5. The molecule has 0 aliphatic rings. The first kappa shape index (κ1) is 18.8. The minimum Gasteiger partial charge on any atom is -0.0620 e. The van der Waals surface area contributed by atoms with E-state index in [9.17, 15) is 0 Å². The summed E-state index contributed by atoms with van der Waals surface area (Å²) in [6, 6.07) is 48.9. The van der Waals surface area contributed by atoms with Gasteiger partial charge in [-0.05, 0) is 58.8 Å². The van der Waals surface area contributed by atoms with E-state index in [1.165, 1.54) is 32.2 Å². The van der Waals surface area contributed by atoms with Gasteiger partial charge in [0.15, 0.2) is 0 Å². The molecule has 5 aromatic rings. The molecule has 0 nitrogen and oxygen atoms in total. The third-order valence-corrected chi connectivity index (χ3v) is 10.2. The van der Waals surface area contributed by atoms with Crippen molar-refractivity contribution in [2.45, 2.75) is 6.16 Å². The van der Waals surface area contributed by atoms with Crippen molar-refractivity contribution >= 4 is 33.9 Å². The summed E-state index contributed by atoms with van der Waals surface area (Å²) >= 11 is 0. The van der Waals surface area contributed by atoms with Crippen LogP contribution in [-0.4, -0.2) is 0 Å². The lowest BCUT2D eigenvalue weighted by atomic mass is 10.1.